The molecule has 0 amide bonds. The summed E-state index contributed by atoms with van der Waals surface area (Å²) in [6.07, 6.45) is 3.31. The first-order valence-corrected chi connectivity index (χ1v) is 7.85. The topological polar surface area (TPSA) is 16.2 Å². The van der Waals surface area contributed by atoms with Crippen molar-refractivity contribution in [2.24, 2.45) is 4.99 Å². The van der Waals surface area contributed by atoms with Crippen LogP contribution in [0.15, 0.2) is 27.8 Å². The summed E-state index contributed by atoms with van der Waals surface area (Å²) in [4.78, 5) is 5.86. The molecule has 0 N–H and O–H groups in total. The largest absolute Gasteiger partial charge is 0.250 e. The maximum atomic E-state index is 4.43. The minimum Gasteiger partial charge on any atom is -0.250 e. The molecule has 2 nitrogen and oxygen atoms in total. The first-order chi connectivity index (χ1) is 7.50. The van der Waals surface area contributed by atoms with Crippen LogP contribution < -0.4 is 3.97 Å². The van der Waals surface area contributed by atoms with Gasteiger partial charge in [0.2, 0.25) is 5.51 Å². The number of hydrogen-bond acceptors (Lipinski definition) is 2. The maximum absolute atomic E-state index is 4.43. The number of hydrogen-bond donors (Lipinski definition) is 1. The summed E-state index contributed by atoms with van der Waals surface area (Å²) in [5.41, 5.74) is 5.78. The molecule has 0 fully saturated rings. The molecule has 1 aromatic heterocycles. The minimum atomic E-state index is -0.338. The Labute approximate surface area is 104 Å². The van der Waals surface area contributed by atoms with E-state index < -0.39 is 0 Å². The molecule has 2 heterocycles. The lowest BCUT2D eigenvalue weighted by atomic mass is 9.96. The molecule has 0 aromatic carbocycles. The quantitative estimate of drug-likeness (QED) is 0.616. The number of rotatable bonds is 2. The van der Waals surface area contributed by atoms with Gasteiger partial charge in [0.1, 0.15) is 5.55 Å². The number of nitrogens with zero attached hydrogens (tertiary/aromatic N) is 2. The van der Waals surface area contributed by atoms with E-state index in [4.69, 9.17) is 0 Å². The normalized spacial score (nSPS) is 22.5. The van der Waals surface area contributed by atoms with Crippen LogP contribution >= 0.6 is 22.4 Å². The van der Waals surface area contributed by atoms with Gasteiger partial charge in [0.05, 0.1) is 10.6 Å². The van der Waals surface area contributed by atoms with Gasteiger partial charge < -0.3 is 0 Å². The fraction of sp³-hybridized carbons (Fsp3) is 0.500. The number of aliphatic imine (C=N–C) groups is 1. The molecule has 1 aliphatic rings. The van der Waals surface area contributed by atoms with Crippen LogP contribution in [0.4, 0.5) is 0 Å². The van der Waals surface area contributed by atoms with Crippen molar-refractivity contribution in [3.05, 3.63) is 27.7 Å². The molecular weight excluding hydrogens is 236 g/mol. The average molecular weight is 255 g/mol. The third kappa shape index (κ3) is 2.38. The highest BCUT2D eigenvalue weighted by molar-refractivity contribution is 8.25. The van der Waals surface area contributed by atoms with E-state index in [2.05, 4.69) is 59.3 Å². The number of allylic oxidation sites excluding steroid dienone is 1. The minimum absolute atomic E-state index is 0.249. The fourth-order valence-electron chi connectivity index (χ4n) is 1.44. The van der Waals surface area contributed by atoms with Crippen LogP contribution in [-0.2, 0) is 5.41 Å². The van der Waals surface area contributed by atoms with Crippen molar-refractivity contribution in [1.29, 1.82) is 0 Å². The summed E-state index contributed by atoms with van der Waals surface area (Å²) in [7, 11) is 0. The van der Waals surface area contributed by atoms with Crippen molar-refractivity contribution < 1.29 is 3.97 Å². The van der Waals surface area contributed by atoms with Gasteiger partial charge in [0.15, 0.2) is 6.20 Å². The van der Waals surface area contributed by atoms with E-state index in [0.29, 0.717) is 0 Å². The zero-order valence-corrected chi connectivity index (χ0v) is 12.0. The second-order valence-corrected chi connectivity index (χ2v) is 7.54. The Morgan fingerprint density at radius 3 is 2.69 bits per heavy atom. The van der Waals surface area contributed by atoms with Gasteiger partial charge in [-0.15, -0.1) is 3.97 Å². The van der Waals surface area contributed by atoms with Crippen LogP contribution in [0.3, 0.4) is 0 Å². The van der Waals surface area contributed by atoms with Gasteiger partial charge in [-0.3, -0.25) is 0 Å². The second kappa shape index (κ2) is 4.34. The summed E-state index contributed by atoms with van der Waals surface area (Å²) in [6.45, 7) is 8.92. The predicted octanol–water partition coefficient (Wildman–Crippen LogP) is 3.39. The molecule has 0 saturated carbocycles. The van der Waals surface area contributed by atoms with Crippen LogP contribution in [0.25, 0.3) is 0 Å². The standard InChI is InChI=1S/C12H19N2S2/c1-5-10-7-16(8-13-10)14-6-11(15-9-14)12(2,3)4/h6-9,16H,5H2,1-4H3/q+1. The lowest BCUT2D eigenvalue weighted by Gasteiger charge is -2.12. The predicted molar refractivity (Wildman–Crippen MR) is 74.5 cm³/mol. The van der Waals surface area contributed by atoms with Gasteiger partial charge in [-0.05, 0) is 6.42 Å². The first-order valence-electron chi connectivity index (χ1n) is 5.54. The molecule has 1 aliphatic heterocycles. The van der Waals surface area contributed by atoms with Gasteiger partial charge in [-0.25, -0.2) is 4.99 Å². The van der Waals surface area contributed by atoms with Crippen LogP contribution in [-0.4, -0.2) is 5.55 Å². The monoisotopic (exact) mass is 255 g/mol. The Morgan fingerprint density at radius 1 is 1.44 bits per heavy atom. The Hall–Kier alpha value is -0.610. The molecule has 1 unspecified atom stereocenters. The summed E-state index contributed by atoms with van der Waals surface area (Å²) in [5, 5.41) is 2.30. The van der Waals surface area contributed by atoms with E-state index in [1.807, 2.05) is 11.3 Å². The molecule has 1 aromatic rings. The van der Waals surface area contributed by atoms with Gasteiger partial charge in [-0.1, -0.05) is 39.0 Å². The number of thiazole rings is 1. The van der Waals surface area contributed by atoms with E-state index in [0.717, 1.165) is 6.42 Å². The van der Waals surface area contributed by atoms with Gasteiger partial charge in [-0.2, -0.15) is 0 Å². The molecule has 0 bridgehead atoms. The first kappa shape index (κ1) is 11.9. The fourth-order valence-corrected chi connectivity index (χ4v) is 4.30. The van der Waals surface area contributed by atoms with E-state index in [1.165, 1.54) is 10.6 Å². The highest BCUT2D eigenvalue weighted by Gasteiger charge is 2.23. The smallest absolute Gasteiger partial charge is 0.237 e. The van der Waals surface area contributed by atoms with Crippen molar-refractivity contribution in [2.75, 3.05) is 0 Å². The number of thiol groups is 1. The van der Waals surface area contributed by atoms with Crippen LogP contribution in [0, 0.1) is 0 Å². The number of aromatic nitrogens is 1. The summed E-state index contributed by atoms with van der Waals surface area (Å²) >= 11 is 1.50. The van der Waals surface area contributed by atoms with E-state index in [-0.39, 0.29) is 16.5 Å². The Bertz CT molecular complexity index is 438. The summed E-state index contributed by atoms with van der Waals surface area (Å²) in [5.74, 6) is 0. The third-order valence-electron chi connectivity index (χ3n) is 2.53. The molecule has 0 aliphatic carbocycles. The molecule has 4 heteroatoms. The van der Waals surface area contributed by atoms with Crippen molar-refractivity contribution in [2.45, 2.75) is 39.5 Å². The molecule has 1 atom stereocenters. The molecule has 2 rings (SSSR count). The molecular formula is C12H19N2S2+. The van der Waals surface area contributed by atoms with Crippen LogP contribution in [0.2, 0.25) is 0 Å². The van der Waals surface area contributed by atoms with Crippen molar-refractivity contribution in [3.8, 4) is 0 Å². The van der Waals surface area contributed by atoms with Gasteiger partial charge in [0, 0.05) is 21.9 Å². The van der Waals surface area contributed by atoms with Gasteiger partial charge in [0.25, 0.3) is 0 Å². The molecule has 0 radical (unpaired) electrons. The van der Waals surface area contributed by atoms with E-state index >= 15 is 0 Å². The van der Waals surface area contributed by atoms with Gasteiger partial charge >= 0.3 is 0 Å². The second-order valence-electron chi connectivity index (χ2n) is 4.95. The summed E-state index contributed by atoms with van der Waals surface area (Å²) < 4.78 is 2.31. The molecule has 16 heavy (non-hydrogen) atoms. The highest BCUT2D eigenvalue weighted by Crippen LogP contribution is 2.31. The lowest BCUT2D eigenvalue weighted by molar-refractivity contribution is -0.489. The third-order valence-corrected chi connectivity index (χ3v) is 5.67. The van der Waals surface area contributed by atoms with E-state index in [1.54, 1.807) is 0 Å². The molecule has 0 spiro atoms. The Kier molecular flexibility index (Phi) is 3.22. The highest BCUT2D eigenvalue weighted by atomic mass is 32.2. The lowest BCUT2D eigenvalue weighted by Crippen LogP contribution is -2.26. The Morgan fingerprint density at radius 2 is 2.19 bits per heavy atom. The zero-order chi connectivity index (χ0) is 11.8. The average Bonchev–Trinajstić information content (AvgIpc) is 2.85. The zero-order valence-electron chi connectivity index (χ0n) is 10.3. The van der Waals surface area contributed by atoms with Crippen molar-refractivity contribution >= 4 is 28.0 Å². The molecule has 88 valence electrons. The molecule has 0 saturated heterocycles. The van der Waals surface area contributed by atoms with E-state index in [9.17, 15) is 0 Å². The maximum Gasteiger partial charge on any atom is 0.237 e. The summed E-state index contributed by atoms with van der Waals surface area (Å²) in [6, 6.07) is 0. The Balaban J connectivity index is 2.21. The van der Waals surface area contributed by atoms with Crippen LogP contribution in [0.1, 0.15) is 39.0 Å². The van der Waals surface area contributed by atoms with Crippen LogP contribution in [0.5, 0.6) is 0 Å². The van der Waals surface area contributed by atoms with Crippen molar-refractivity contribution in [1.82, 2.24) is 0 Å². The van der Waals surface area contributed by atoms with Crippen molar-refractivity contribution in [3.63, 3.8) is 0 Å². The SMILES string of the molecule is CCC1=C[SH]([n+]2csc(C(C)(C)C)c2)C=N1.